The van der Waals surface area contributed by atoms with Crippen molar-refractivity contribution in [1.29, 1.82) is 5.26 Å². The van der Waals surface area contributed by atoms with Gasteiger partial charge in [-0.2, -0.15) is 5.26 Å². The van der Waals surface area contributed by atoms with Gasteiger partial charge in [-0.05, 0) is 44.5 Å². The Morgan fingerprint density at radius 2 is 2.19 bits per heavy atom. The number of hydrogen-bond donors (Lipinski definition) is 1. The molecule has 21 heavy (non-hydrogen) atoms. The van der Waals surface area contributed by atoms with E-state index in [1.165, 1.54) is 6.07 Å². The highest BCUT2D eigenvalue weighted by molar-refractivity contribution is 5.83. The largest absolute Gasteiger partial charge is 0.504 e. The SMILES string of the molecule is CCOc1cc(C=Nc2oc(C)c(C)c2C#N)ccc1O. The van der Waals surface area contributed by atoms with Crippen LogP contribution in [0.25, 0.3) is 0 Å². The molecular weight excluding hydrogens is 268 g/mol. The summed E-state index contributed by atoms with van der Waals surface area (Å²) in [6, 6.07) is 7.01. The number of benzene rings is 1. The second kappa shape index (κ2) is 6.14. The van der Waals surface area contributed by atoms with E-state index >= 15 is 0 Å². The van der Waals surface area contributed by atoms with Crippen LogP contribution in [-0.2, 0) is 0 Å². The molecule has 1 N–H and O–H groups in total. The van der Waals surface area contributed by atoms with Crippen molar-refractivity contribution in [2.75, 3.05) is 6.61 Å². The van der Waals surface area contributed by atoms with E-state index in [1.807, 2.05) is 13.8 Å². The average molecular weight is 284 g/mol. The molecule has 1 aromatic heterocycles. The summed E-state index contributed by atoms with van der Waals surface area (Å²) in [6.45, 7) is 5.92. The van der Waals surface area contributed by atoms with Gasteiger partial charge >= 0.3 is 0 Å². The van der Waals surface area contributed by atoms with E-state index in [-0.39, 0.29) is 5.75 Å². The number of aryl methyl sites for hydroxylation is 1. The lowest BCUT2D eigenvalue weighted by Gasteiger charge is -2.05. The van der Waals surface area contributed by atoms with Crippen LogP contribution in [0.5, 0.6) is 11.5 Å². The van der Waals surface area contributed by atoms with Gasteiger partial charge in [-0.15, -0.1) is 0 Å². The molecule has 0 spiro atoms. The Balaban J connectivity index is 2.32. The van der Waals surface area contributed by atoms with Crippen LogP contribution in [-0.4, -0.2) is 17.9 Å². The standard InChI is InChI=1S/C16H16N2O3/c1-4-20-15-7-12(5-6-14(15)19)9-18-16-13(8-17)10(2)11(3)21-16/h5-7,9,19H,4H2,1-3H3. The summed E-state index contributed by atoms with van der Waals surface area (Å²) in [7, 11) is 0. The molecule has 108 valence electrons. The minimum Gasteiger partial charge on any atom is -0.504 e. The van der Waals surface area contributed by atoms with Crippen molar-refractivity contribution in [2.24, 2.45) is 4.99 Å². The van der Waals surface area contributed by atoms with E-state index in [2.05, 4.69) is 11.1 Å². The van der Waals surface area contributed by atoms with Crippen LogP contribution in [0.2, 0.25) is 0 Å². The summed E-state index contributed by atoms with van der Waals surface area (Å²) in [4.78, 5) is 4.21. The number of ether oxygens (including phenoxy) is 1. The number of phenolic OH excluding ortho intramolecular Hbond substituents is 1. The Hall–Kier alpha value is -2.74. The monoisotopic (exact) mass is 284 g/mol. The molecule has 0 aliphatic carbocycles. The second-order valence-corrected chi connectivity index (χ2v) is 4.49. The Bertz CT molecular complexity index is 724. The minimum absolute atomic E-state index is 0.0800. The maximum absolute atomic E-state index is 9.64. The zero-order valence-corrected chi connectivity index (χ0v) is 12.2. The van der Waals surface area contributed by atoms with Crippen LogP contribution < -0.4 is 4.74 Å². The molecule has 5 heteroatoms. The van der Waals surface area contributed by atoms with Gasteiger partial charge in [-0.25, -0.2) is 4.99 Å². The molecule has 1 aromatic carbocycles. The number of hydrogen-bond acceptors (Lipinski definition) is 5. The first kappa shape index (κ1) is 14.7. The first-order valence-corrected chi connectivity index (χ1v) is 6.56. The lowest BCUT2D eigenvalue weighted by molar-refractivity contribution is 0.318. The lowest BCUT2D eigenvalue weighted by atomic mass is 10.2. The molecule has 0 bridgehead atoms. The van der Waals surface area contributed by atoms with E-state index in [4.69, 9.17) is 14.4 Å². The van der Waals surface area contributed by atoms with Crippen molar-refractivity contribution < 1.29 is 14.3 Å². The molecule has 0 aliphatic heterocycles. The third-order valence-electron chi connectivity index (χ3n) is 3.09. The second-order valence-electron chi connectivity index (χ2n) is 4.49. The number of aliphatic imine (C=N–C) groups is 1. The van der Waals surface area contributed by atoms with Gasteiger partial charge in [0, 0.05) is 11.8 Å². The fraction of sp³-hybridized carbons (Fsp3) is 0.250. The molecule has 5 nitrogen and oxygen atoms in total. The van der Waals surface area contributed by atoms with Gasteiger partial charge < -0.3 is 14.3 Å². The van der Waals surface area contributed by atoms with Gasteiger partial charge in [0.05, 0.1) is 6.61 Å². The van der Waals surface area contributed by atoms with Crippen LogP contribution in [0.15, 0.2) is 27.6 Å². The fourth-order valence-corrected chi connectivity index (χ4v) is 1.85. The number of nitrogens with zero attached hydrogens (tertiary/aromatic N) is 2. The topological polar surface area (TPSA) is 78.8 Å². The van der Waals surface area contributed by atoms with E-state index < -0.39 is 0 Å². The van der Waals surface area contributed by atoms with E-state index in [1.54, 1.807) is 25.3 Å². The van der Waals surface area contributed by atoms with Gasteiger partial charge in [0.15, 0.2) is 11.5 Å². The first-order chi connectivity index (χ1) is 10.1. The molecule has 0 fully saturated rings. The lowest BCUT2D eigenvalue weighted by Crippen LogP contribution is -1.93. The van der Waals surface area contributed by atoms with E-state index in [0.717, 1.165) is 11.1 Å². The Morgan fingerprint density at radius 1 is 1.43 bits per heavy atom. The van der Waals surface area contributed by atoms with Crippen molar-refractivity contribution >= 4 is 12.1 Å². The summed E-state index contributed by atoms with van der Waals surface area (Å²) in [6.07, 6.45) is 1.57. The highest BCUT2D eigenvalue weighted by Crippen LogP contribution is 2.29. The van der Waals surface area contributed by atoms with Gasteiger partial charge in [0.25, 0.3) is 0 Å². The third-order valence-corrected chi connectivity index (χ3v) is 3.09. The normalized spacial score (nSPS) is 10.8. The first-order valence-electron chi connectivity index (χ1n) is 6.56. The number of phenols is 1. The number of aromatic hydroxyl groups is 1. The van der Waals surface area contributed by atoms with Crippen molar-refractivity contribution in [2.45, 2.75) is 20.8 Å². The van der Waals surface area contributed by atoms with Crippen LogP contribution in [0, 0.1) is 25.2 Å². The van der Waals surface area contributed by atoms with Crippen LogP contribution in [0.4, 0.5) is 5.88 Å². The summed E-state index contributed by atoms with van der Waals surface area (Å²) >= 11 is 0. The highest BCUT2D eigenvalue weighted by Gasteiger charge is 2.13. The molecule has 0 aliphatic rings. The highest BCUT2D eigenvalue weighted by atomic mass is 16.5. The zero-order chi connectivity index (χ0) is 15.4. The number of rotatable bonds is 4. The Labute approximate surface area is 123 Å². The minimum atomic E-state index is 0.0800. The smallest absolute Gasteiger partial charge is 0.237 e. The van der Waals surface area contributed by atoms with Crippen molar-refractivity contribution in [3.05, 3.63) is 40.6 Å². The van der Waals surface area contributed by atoms with Gasteiger partial charge in [-0.3, -0.25) is 0 Å². The van der Waals surface area contributed by atoms with Crippen LogP contribution >= 0.6 is 0 Å². The summed E-state index contributed by atoms with van der Waals surface area (Å²) < 4.78 is 10.8. The maximum Gasteiger partial charge on any atom is 0.237 e. The molecule has 0 atom stereocenters. The molecule has 0 amide bonds. The molecule has 2 aromatic rings. The van der Waals surface area contributed by atoms with Crippen molar-refractivity contribution in [1.82, 2.24) is 0 Å². The predicted molar refractivity (Wildman–Crippen MR) is 79.4 cm³/mol. The summed E-state index contributed by atoms with van der Waals surface area (Å²) in [5.41, 5.74) is 1.98. The fourth-order valence-electron chi connectivity index (χ4n) is 1.85. The average Bonchev–Trinajstić information content (AvgIpc) is 2.74. The van der Waals surface area contributed by atoms with E-state index in [0.29, 0.717) is 29.6 Å². The third kappa shape index (κ3) is 3.06. The molecule has 0 saturated carbocycles. The molecule has 1 heterocycles. The van der Waals surface area contributed by atoms with Gasteiger partial charge in [0.1, 0.15) is 17.4 Å². The summed E-state index contributed by atoms with van der Waals surface area (Å²) in [5, 5.41) is 18.8. The molecule has 0 radical (unpaired) electrons. The summed E-state index contributed by atoms with van der Waals surface area (Å²) in [5.74, 6) is 1.45. The van der Waals surface area contributed by atoms with E-state index in [9.17, 15) is 5.11 Å². The molecular formula is C16H16N2O3. The van der Waals surface area contributed by atoms with Gasteiger partial charge in [-0.1, -0.05) is 0 Å². The predicted octanol–water partition coefficient (Wildman–Crippen LogP) is 3.62. The van der Waals surface area contributed by atoms with Crippen LogP contribution in [0.3, 0.4) is 0 Å². The zero-order valence-electron chi connectivity index (χ0n) is 12.2. The Morgan fingerprint density at radius 3 is 2.86 bits per heavy atom. The van der Waals surface area contributed by atoms with Crippen LogP contribution in [0.1, 0.15) is 29.4 Å². The number of nitriles is 1. The Kier molecular flexibility index (Phi) is 4.29. The van der Waals surface area contributed by atoms with Crippen molar-refractivity contribution in [3.8, 4) is 17.6 Å². The molecule has 2 rings (SSSR count). The molecule has 0 saturated heterocycles. The maximum atomic E-state index is 9.64. The molecule has 0 unspecified atom stereocenters. The van der Waals surface area contributed by atoms with Crippen molar-refractivity contribution in [3.63, 3.8) is 0 Å². The van der Waals surface area contributed by atoms with Gasteiger partial charge in [0.2, 0.25) is 5.88 Å². The number of furan rings is 1. The quantitative estimate of drug-likeness (QED) is 0.869.